The number of alkyl halides is 1. The predicted molar refractivity (Wildman–Crippen MR) is 98.0 cm³/mol. The van der Waals surface area contributed by atoms with E-state index >= 15 is 0 Å². The molecule has 1 fully saturated rings. The molecular formula is C19H26BrNO. The zero-order valence-corrected chi connectivity index (χ0v) is 15.8. The molecule has 2 nitrogen and oxygen atoms in total. The first-order valence-corrected chi connectivity index (χ1v) is 8.74. The molecule has 0 radical (unpaired) electrons. The van der Waals surface area contributed by atoms with Crippen LogP contribution in [0, 0.1) is 12.8 Å². The summed E-state index contributed by atoms with van der Waals surface area (Å²) in [6.45, 7) is 12.4. The maximum atomic E-state index is 5.96. The highest BCUT2D eigenvalue weighted by Gasteiger charge is 2.32. The lowest BCUT2D eigenvalue weighted by atomic mass is 9.93. The van der Waals surface area contributed by atoms with E-state index < -0.39 is 0 Å². The van der Waals surface area contributed by atoms with Gasteiger partial charge in [-0.3, -0.25) is 4.99 Å². The lowest BCUT2D eigenvalue weighted by Crippen LogP contribution is -2.20. The number of hydrogen-bond donors (Lipinski definition) is 0. The number of halogens is 1. The Bertz CT molecular complexity index is 594. The van der Waals surface area contributed by atoms with E-state index in [1.807, 2.05) is 27.8 Å². The third-order valence-corrected chi connectivity index (χ3v) is 4.76. The van der Waals surface area contributed by atoms with Crippen molar-refractivity contribution in [2.75, 3.05) is 7.05 Å². The number of aryl methyl sites for hydroxylation is 1. The average molecular weight is 364 g/mol. The highest BCUT2D eigenvalue weighted by atomic mass is 79.9. The number of hydrogen-bond acceptors (Lipinski definition) is 2. The second-order valence-corrected chi connectivity index (χ2v) is 7.88. The first kappa shape index (κ1) is 17.3. The quantitative estimate of drug-likeness (QED) is 0.379. The first-order chi connectivity index (χ1) is 10.2. The minimum absolute atomic E-state index is 0.0304. The van der Waals surface area contributed by atoms with E-state index in [2.05, 4.69) is 52.6 Å². The maximum absolute atomic E-state index is 5.96. The first-order valence-electron chi connectivity index (χ1n) is 7.83. The van der Waals surface area contributed by atoms with Crippen molar-refractivity contribution in [1.29, 1.82) is 0 Å². The Morgan fingerprint density at radius 3 is 2.50 bits per heavy atom. The highest BCUT2D eigenvalue weighted by Crippen LogP contribution is 2.40. The number of aliphatic imine (C=N–C) groups is 1. The molecule has 0 bridgehead atoms. The van der Waals surface area contributed by atoms with Gasteiger partial charge in [0.25, 0.3) is 0 Å². The zero-order valence-electron chi connectivity index (χ0n) is 14.2. The second-order valence-electron chi connectivity index (χ2n) is 6.97. The van der Waals surface area contributed by atoms with Crippen LogP contribution in [0.2, 0.25) is 0 Å². The smallest absolute Gasteiger partial charge is 0.108 e. The van der Waals surface area contributed by atoms with Crippen LogP contribution in [0.5, 0.6) is 0 Å². The van der Waals surface area contributed by atoms with Crippen LogP contribution in [0.1, 0.15) is 55.1 Å². The van der Waals surface area contributed by atoms with Crippen molar-refractivity contribution in [1.82, 2.24) is 0 Å². The third-order valence-electron chi connectivity index (χ3n) is 3.76. The second kappa shape index (κ2) is 6.57. The fourth-order valence-electron chi connectivity index (χ4n) is 2.73. The standard InChI is InChI=1S/C19H26BrNO/c1-12-8-7-9-15(16(12)18(21-6)14-10-11-14)17(20)13(2)22-19(3,4)5/h7-9,14,17H,2,10-11H2,1,3-6H3. The van der Waals surface area contributed by atoms with Crippen LogP contribution in [0.3, 0.4) is 0 Å². The molecule has 2 rings (SSSR count). The molecule has 0 heterocycles. The van der Waals surface area contributed by atoms with Crippen molar-refractivity contribution >= 4 is 21.6 Å². The van der Waals surface area contributed by atoms with Crippen LogP contribution in [-0.4, -0.2) is 18.4 Å². The normalized spacial score (nSPS) is 17.3. The number of benzene rings is 1. The van der Waals surface area contributed by atoms with Gasteiger partial charge in [-0.2, -0.15) is 0 Å². The van der Waals surface area contributed by atoms with Crippen molar-refractivity contribution in [3.63, 3.8) is 0 Å². The Morgan fingerprint density at radius 1 is 1.36 bits per heavy atom. The van der Waals surface area contributed by atoms with Crippen LogP contribution in [-0.2, 0) is 4.74 Å². The average Bonchev–Trinajstić information content (AvgIpc) is 3.23. The molecule has 1 aliphatic carbocycles. The Kier molecular flexibility index (Phi) is 5.16. The Balaban J connectivity index is 2.38. The molecular weight excluding hydrogens is 338 g/mol. The minimum atomic E-state index is -0.245. The summed E-state index contributed by atoms with van der Waals surface area (Å²) >= 11 is 3.78. The van der Waals surface area contributed by atoms with E-state index in [1.54, 1.807) is 0 Å². The lowest BCUT2D eigenvalue weighted by molar-refractivity contribution is 0.0497. The van der Waals surface area contributed by atoms with Crippen LogP contribution in [0.4, 0.5) is 0 Å². The van der Waals surface area contributed by atoms with Gasteiger partial charge in [0.05, 0.1) is 4.83 Å². The highest BCUT2D eigenvalue weighted by molar-refractivity contribution is 9.09. The molecule has 0 amide bonds. The molecule has 1 aromatic rings. The largest absolute Gasteiger partial charge is 0.492 e. The molecule has 3 heteroatoms. The minimum Gasteiger partial charge on any atom is -0.492 e. The van der Waals surface area contributed by atoms with E-state index in [4.69, 9.17) is 4.74 Å². The molecule has 0 N–H and O–H groups in total. The molecule has 1 aliphatic rings. The van der Waals surface area contributed by atoms with Gasteiger partial charge in [0.15, 0.2) is 0 Å². The SMILES string of the molecule is C=C(OC(C)(C)C)C(Br)c1cccc(C)c1C(=NC)C1CC1. The van der Waals surface area contributed by atoms with E-state index in [1.165, 1.54) is 35.2 Å². The monoisotopic (exact) mass is 363 g/mol. The van der Waals surface area contributed by atoms with Crippen LogP contribution >= 0.6 is 15.9 Å². The summed E-state index contributed by atoms with van der Waals surface area (Å²) in [6.07, 6.45) is 2.49. The number of rotatable bonds is 5. The van der Waals surface area contributed by atoms with Gasteiger partial charge >= 0.3 is 0 Å². The summed E-state index contributed by atoms with van der Waals surface area (Å²) in [5.41, 5.74) is 4.69. The topological polar surface area (TPSA) is 21.6 Å². The van der Waals surface area contributed by atoms with Gasteiger partial charge in [0.1, 0.15) is 11.4 Å². The Hall–Kier alpha value is -1.09. The molecule has 1 unspecified atom stereocenters. The summed E-state index contributed by atoms with van der Waals surface area (Å²) in [6, 6.07) is 6.39. The molecule has 1 aromatic carbocycles. The van der Waals surface area contributed by atoms with Crippen LogP contribution in [0.15, 0.2) is 35.5 Å². The van der Waals surface area contributed by atoms with Crippen LogP contribution in [0.25, 0.3) is 0 Å². The molecule has 120 valence electrons. The van der Waals surface area contributed by atoms with Crippen molar-refractivity contribution in [3.8, 4) is 0 Å². The molecule has 22 heavy (non-hydrogen) atoms. The fraction of sp³-hybridized carbons (Fsp3) is 0.526. The Labute approximate surface area is 142 Å². The van der Waals surface area contributed by atoms with Gasteiger partial charge in [-0.25, -0.2) is 0 Å². The van der Waals surface area contributed by atoms with Gasteiger partial charge < -0.3 is 4.74 Å². The van der Waals surface area contributed by atoms with Gasteiger partial charge in [-0.05, 0) is 51.7 Å². The Morgan fingerprint density at radius 2 is 2.00 bits per heavy atom. The predicted octanol–water partition coefficient (Wildman–Crippen LogP) is 5.59. The van der Waals surface area contributed by atoms with Crippen molar-refractivity contribution in [2.45, 2.75) is 51.0 Å². The van der Waals surface area contributed by atoms with Gasteiger partial charge in [-0.15, -0.1) is 0 Å². The van der Waals surface area contributed by atoms with Gasteiger partial charge in [0, 0.05) is 24.2 Å². The van der Waals surface area contributed by atoms with E-state index in [-0.39, 0.29) is 10.4 Å². The van der Waals surface area contributed by atoms with Crippen LogP contribution < -0.4 is 0 Å². The summed E-state index contributed by atoms with van der Waals surface area (Å²) < 4.78 is 5.96. The fourth-order valence-corrected chi connectivity index (χ4v) is 3.20. The lowest BCUT2D eigenvalue weighted by Gasteiger charge is -2.27. The van der Waals surface area contributed by atoms with E-state index in [0.29, 0.717) is 5.92 Å². The van der Waals surface area contributed by atoms with Crippen molar-refractivity contribution < 1.29 is 4.74 Å². The summed E-state index contributed by atoms with van der Waals surface area (Å²) in [4.78, 5) is 4.55. The number of allylic oxidation sites excluding steroid dienone is 1. The van der Waals surface area contributed by atoms with Gasteiger partial charge in [-0.1, -0.05) is 40.7 Å². The van der Waals surface area contributed by atoms with E-state index in [0.717, 1.165) is 5.76 Å². The molecule has 0 aromatic heterocycles. The van der Waals surface area contributed by atoms with E-state index in [9.17, 15) is 0 Å². The zero-order chi connectivity index (χ0) is 16.5. The molecule has 0 saturated heterocycles. The number of ether oxygens (including phenoxy) is 1. The summed E-state index contributed by atoms with van der Waals surface area (Å²) in [7, 11) is 1.90. The molecule has 0 aliphatic heterocycles. The summed E-state index contributed by atoms with van der Waals surface area (Å²) in [5, 5.41) is 0. The number of nitrogens with zero attached hydrogens (tertiary/aromatic N) is 1. The van der Waals surface area contributed by atoms with Crippen molar-refractivity contribution in [2.24, 2.45) is 10.9 Å². The summed E-state index contributed by atoms with van der Waals surface area (Å²) in [5.74, 6) is 1.35. The molecule has 1 atom stereocenters. The maximum Gasteiger partial charge on any atom is 0.108 e. The molecule has 0 spiro atoms. The molecule has 1 saturated carbocycles. The van der Waals surface area contributed by atoms with Gasteiger partial charge in [0.2, 0.25) is 0 Å². The third kappa shape index (κ3) is 4.01. The van der Waals surface area contributed by atoms with Crippen molar-refractivity contribution in [3.05, 3.63) is 47.2 Å².